The Morgan fingerprint density at radius 1 is 1.40 bits per heavy atom. The van der Waals surface area contributed by atoms with Gasteiger partial charge in [0.15, 0.2) is 0 Å². The second-order valence-electron chi connectivity index (χ2n) is 3.34. The Morgan fingerprint density at radius 3 is 2.73 bits per heavy atom. The molecule has 1 N–H and O–H groups in total. The van der Waals surface area contributed by atoms with Gasteiger partial charge >= 0.3 is 0 Å². The number of hydrogen-bond acceptors (Lipinski definition) is 4. The fourth-order valence-corrected chi connectivity index (χ4v) is 1.27. The molecule has 0 atom stereocenters. The van der Waals surface area contributed by atoms with E-state index in [0.717, 1.165) is 17.0 Å². The summed E-state index contributed by atoms with van der Waals surface area (Å²) in [6.07, 6.45) is 3.43. The molecule has 2 heterocycles. The maximum absolute atomic E-state index is 8.98. The smallest absolute Gasteiger partial charge is 0.250 e. The number of rotatable bonds is 2. The van der Waals surface area contributed by atoms with Crippen LogP contribution in [0.3, 0.4) is 0 Å². The van der Waals surface area contributed by atoms with Gasteiger partial charge in [-0.2, -0.15) is 5.10 Å². The highest BCUT2D eigenvalue weighted by molar-refractivity contribution is 5.21. The molecule has 2 aromatic heterocycles. The zero-order valence-electron chi connectivity index (χ0n) is 8.68. The SMILES string of the molecule is Cc1ccn(-c2ncc(CO)c(C)n2)n1. The number of aromatic nitrogens is 4. The predicted octanol–water partition coefficient (Wildman–Crippen LogP) is 0.771. The molecular formula is C10H12N4O. The van der Waals surface area contributed by atoms with Crippen LogP contribution in [-0.2, 0) is 6.61 Å². The van der Waals surface area contributed by atoms with Crippen LogP contribution in [0.2, 0.25) is 0 Å². The van der Waals surface area contributed by atoms with Gasteiger partial charge in [-0.1, -0.05) is 0 Å². The number of hydrogen-bond donors (Lipinski definition) is 1. The van der Waals surface area contributed by atoms with Gasteiger partial charge in [0.2, 0.25) is 0 Å². The maximum atomic E-state index is 8.98. The van der Waals surface area contributed by atoms with Gasteiger partial charge in [0.25, 0.3) is 5.95 Å². The first-order valence-corrected chi connectivity index (χ1v) is 4.66. The highest BCUT2D eigenvalue weighted by atomic mass is 16.3. The first kappa shape index (κ1) is 9.79. The Balaban J connectivity index is 2.42. The molecule has 0 saturated heterocycles. The van der Waals surface area contributed by atoms with Gasteiger partial charge in [-0.25, -0.2) is 14.6 Å². The van der Waals surface area contributed by atoms with Crippen molar-refractivity contribution >= 4 is 0 Å². The van der Waals surface area contributed by atoms with Gasteiger partial charge in [0.05, 0.1) is 12.3 Å². The van der Waals surface area contributed by atoms with E-state index in [4.69, 9.17) is 5.11 Å². The van der Waals surface area contributed by atoms with Crippen LogP contribution in [0.4, 0.5) is 0 Å². The van der Waals surface area contributed by atoms with Crippen LogP contribution in [0.15, 0.2) is 18.5 Å². The summed E-state index contributed by atoms with van der Waals surface area (Å²) in [6, 6.07) is 1.89. The Kier molecular flexibility index (Phi) is 2.47. The summed E-state index contributed by atoms with van der Waals surface area (Å²) in [5.41, 5.74) is 2.43. The molecule has 0 spiro atoms. The fraction of sp³-hybridized carbons (Fsp3) is 0.300. The van der Waals surface area contributed by atoms with E-state index in [9.17, 15) is 0 Å². The molecule has 78 valence electrons. The number of aryl methyl sites for hydroxylation is 2. The minimum atomic E-state index is -0.0375. The Hall–Kier alpha value is -1.75. The Bertz CT molecular complexity index is 478. The normalized spacial score (nSPS) is 10.6. The van der Waals surface area contributed by atoms with Crippen LogP contribution in [0.5, 0.6) is 0 Å². The topological polar surface area (TPSA) is 63.8 Å². The molecule has 5 heteroatoms. The minimum absolute atomic E-state index is 0.0375. The molecule has 0 fully saturated rings. The third-order valence-electron chi connectivity index (χ3n) is 2.17. The number of aliphatic hydroxyl groups is 1. The van der Waals surface area contributed by atoms with Crippen LogP contribution >= 0.6 is 0 Å². The standard InChI is InChI=1S/C10H12N4O/c1-7-3-4-14(13-7)10-11-5-9(6-15)8(2)12-10/h3-5,15H,6H2,1-2H3. The molecule has 0 saturated carbocycles. The van der Waals surface area contributed by atoms with Crippen molar-refractivity contribution in [3.8, 4) is 5.95 Å². The van der Waals surface area contributed by atoms with Crippen molar-refractivity contribution in [2.45, 2.75) is 20.5 Å². The van der Waals surface area contributed by atoms with E-state index in [1.54, 1.807) is 10.9 Å². The lowest BCUT2D eigenvalue weighted by atomic mass is 10.3. The van der Waals surface area contributed by atoms with E-state index in [1.807, 2.05) is 26.1 Å². The Morgan fingerprint density at radius 2 is 2.20 bits per heavy atom. The lowest BCUT2D eigenvalue weighted by Gasteiger charge is -2.03. The highest BCUT2D eigenvalue weighted by Gasteiger charge is 2.04. The van der Waals surface area contributed by atoms with Gasteiger partial charge in [0.1, 0.15) is 0 Å². The van der Waals surface area contributed by atoms with Crippen LogP contribution in [-0.4, -0.2) is 24.9 Å². The van der Waals surface area contributed by atoms with Gasteiger partial charge in [0, 0.05) is 23.7 Å². The average molecular weight is 204 g/mol. The quantitative estimate of drug-likeness (QED) is 0.784. The summed E-state index contributed by atoms with van der Waals surface area (Å²) in [6.45, 7) is 3.71. The summed E-state index contributed by atoms with van der Waals surface area (Å²) in [5.74, 6) is 0.526. The molecule has 2 rings (SSSR count). The van der Waals surface area contributed by atoms with Crippen molar-refractivity contribution in [1.82, 2.24) is 19.7 Å². The van der Waals surface area contributed by atoms with Crippen LogP contribution in [0, 0.1) is 13.8 Å². The van der Waals surface area contributed by atoms with Gasteiger partial charge in [-0.05, 0) is 19.9 Å². The third kappa shape index (κ3) is 1.87. The van der Waals surface area contributed by atoms with Crippen molar-refractivity contribution in [2.24, 2.45) is 0 Å². The van der Waals surface area contributed by atoms with E-state index in [1.165, 1.54) is 0 Å². The second-order valence-corrected chi connectivity index (χ2v) is 3.34. The summed E-state index contributed by atoms with van der Waals surface area (Å²) in [4.78, 5) is 8.38. The molecule has 0 aliphatic rings. The summed E-state index contributed by atoms with van der Waals surface area (Å²) >= 11 is 0. The lowest BCUT2D eigenvalue weighted by Crippen LogP contribution is -2.05. The second kappa shape index (κ2) is 3.78. The monoisotopic (exact) mass is 204 g/mol. The minimum Gasteiger partial charge on any atom is -0.392 e. The lowest BCUT2D eigenvalue weighted by molar-refractivity contribution is 0.280. The molecule has 0 amide bonds. The molecule has 0 bridgehead atoms. The Labute approximate surface area is 87.4 Å². The largest absolute Gasteiger partial charge is 0.392 e. The van der Waals surface area contributed by atoms with Crippen molar-refractivity contribution in [3.63, 3.8) is 0 Å². The first-order chi connectivity index (χ1) is 7.20. The molecule has 0 radical (unpaired) electrons. The zero-order valence-corrected chi connectivity index (χ0v) is 8.68. The van der Waals surface area contributed by atoms with E-state index in [2.05, 4.69) is 15.1 Å². The molecule has 0 unspecified atom stereocenters. The van der Waals surface area contributed by atoms with E-state index >= 15 is 0 Å². The van der Waals surface area contributed by atoms with Gasteiger partial charge in [-0.15, -0.1) is 0 Å². The van der Waals surface area contributed by atoms with Crippen molar-refractivity contribution < 1.29 is 5.11 Å². The average Bonchev–Trinajstić information content (AvgIpc) is 2.65. The van der Waals surface area contributed by atoms with Crippen LogP contribution in [0.1, 0.15) is 17.0 Å². The van der Waals surface area contributed by atoms with E-state index in [-0.39, 0.29) is 6.61 Å². The molecule has 0 aromatic carbocycles. The van der Waals surface area contributed by atoms with Crippen molar-refractivity contribution in [1.29, 1.82) is 0 Å². The predicted molar refractivity (Wildman–Crippen MR) is 54.6 cm³/mol. The van der Waals surface area contributed by atoms with Gasteiger partial charge < -0.3 is 5.11 Å². The highest BCUT2D eigenvalue weighted by Crippen LogP contribution is 2.06. The van der Waals surface area contributed by atoms with Crippen LogP contribution in [0.25, 0.3) is 5.95 Å². The molecular weight excluding hydrogens is 192 g/mol. The van der Waals surface area contributed by atoms with Crippen LogP contribution < -0.4 is 0 Å². The summed E-state index contributed by atoms with van der Waals surface area (Å²) in [5, 5.41) is 13.2. The van der Waals surface area contributed by atoms with Crippen molar-refractivity contribution in [2.75, 3.05) is 0 Å². The molecule has 2 aromatic rings. The summed E-state index contributed by atoms with van der Waals surface area (Å²) < 4.78 is 1.61. The molecule has 0 aliphatic heterocycles. The summed E-state index contributed by atoms with van der Waals surface area (Å²) in [7, 11) is 0. The van der Waals surface area contributed by atoms with E-state index < -0.39 is 0 Å². The molecule has 5 nitrogen and oxygen atoms in total. The third-order valence-corrected chi connectivity index (χ3v) is 2.17. The molecule has 15 heavy (non-hydrogen) atoms. The first-order valence-electron chi connectivity index (χ1n) is 4.66. The maximum Gasteiger partial charge on any atom is 0.250 e. The van der Waals surface area contributed by atoms with Crippen molar-refractivity contribution in [3.05, 3.63) is 35.4 Å². The number of aliphatic hydroxyl groups excluding tert-OH is 1. The van der Waals surface area contributed by atoms with E-state index in [0.29, 0.717) is 5.95 Å². The van der Waals surface area contributed by atoms with Gasteiger partial charge in [-0.3, -0.25) is 0 Å². The zero-order chi connectivity index (χ0) is 10.8. The fourth-order valence-electron chi connectivity index (χ4n) is 1.27. The number of nitrogens with zero attached hydrogens (tertiary/aromatic N) is 4. The molecule has 0 aliphatic carbocycles.